The van der Waals surface area contributed by atoms with E-state index < -0.39 is 15.6 Å². The summed E-state index contributed by atoms with van der Waals surface area (Å²) in [7, 11) is -3.22. The van der Waals surface area contributed by atoms with Gasteiger partial charge in [0.25, 0.3) is 0 Å². The van der Waals surface area contributed by atoms with Crippen LogP contribution in [0.1, 0.15) is 46.1 Å². The zero-order valence-corrected chi connectivity index (χ0v) is 17.0. The van der Waals surface area contributed by atoms with Crippen molar-refractivity contribution < 1.29 is 8.42 Å². The molecule has 0 aromatic heterocycles. The molecule has 2 N–H and O–H groups in total. The lowest BCUT2D eigenvalue weighted by Gasteiger charge is -2.32. The normalized spacial score (nSPS) is 25.9. The molecule has 1 atom stereocenters. The molecule has 0 amide bonds. The van der Waals surface area contributed by atoms with E-state index in [1.807, 2.05) is 19.1 Å². The summed E-state index contributed by atoms with van der Waals surface area (Å²) in [6.45, 7) is 9.72. The Hall–Kier alpha value is -1.44. The predicted octanol–water partition coefficient (Wildman–Crippen LogP) is 2.58. The van der Waals surface area contributed by atoms with Crippen LogP contribution in [0.3, 0.4) is 0 Å². The molecule has 1 saturated heterocycles. The van der Waals surface area contributed by atoms with Crippen molar-refractivity contribution in [1.82, 2.24) is 9.62 Å². The maximum absolute atomic E-state index is 12.6. The van der Waals surface area contributed by atoms with Crippen molar-refractivity contribution in [2.24, 2.45) is 4.99 Å². The summed E-state index contributed by atoms with van der Waals surface area (Å²) in [6, 6.07) is 8.16. The second kappa shape index (κ2) is 6.94. The minimum atomic E-state index is -3.22. The number of nitrogens with one attached hydrogen (secondary N) is 2. The van der Waals surface area contributed by atoms with Crippen molar-refractivity contribution in [3.8, 4) is 0 Å². The summed E-state index contributed by atoms with van der Waals surface area (Å²) in [6.07, 6.45) is 1.34. The molecule has 1 aromatic carbocycles. The van der Waals surface area contributed by atoms with Crippen LogP contribution in [0.4, 0.5) is 5.69 Å². The third-order valence-electron chi connectivity index (χ3n) is 4.88. The van der Waals surface area contributed by atoms with Crippen molar-refractivity contribution in [3.05, 3.63) is 29.8 Å². The van der Waals surface area contributed by atoms with Crippen LogP contribution in [0.2, 0.25) is 0 Å². The first-order valence-corrected chi connectivity index (χ1v) is 10.9. The molecular weight excluding hydrogens is 348 g/mol. The summed E-state index contributed by atoms with van der Waals surface area (Å²) >= 11 is 0. The number of rotatable bonds is 3. The quantitative estimate of drug-likeness (QED) is 0.848. The van der Waals surface area contributed by atoms with E-state index in [4.69, 9.17) is 4.99 Å². The Labute approximate surface area is 157 Å². The molecule has 144 valence electrons. The predicted molar refractivity (Wildman–Crippen MR) is 107 cm³/mol. The number of hydrogen-bond donors (Lipinski definition) is 2. The highest BCUT2D eigenvalue weighted by Crippen LogP contribution is 2.32. The highest BCUT2D eigenvalue weighted by atomic mass is 32.2. The SMILES string of the molecule is CCCS(=O)(=O)N1CCC2(C1)NCc1ccccc1NC2=NC(C)(C)C. The minimum Gasteiger partial charge on any atom is -0.342 e. The first-order valence-electron chi connectivity index (χ1n) is 9.33. The molecule has 1 spiro atoms. The molecule has 1 unspecified atom stereocenters. The van der Waals surface area contributed by atoms with Crippen LogP contribution in [0.5, 0.6) is 0 Å². The van der Waals surface area contributed by atoms with Crippen LogP contribution in [-0.4, -0.2) is 48.5 Å². The van der Waals surface area contributed by atoms with Gasteiger partial charge in [-0.2, -0.15) is 4.31 Å². The summed E-state index contributed by atoms with van der Waals surface area (Å²) in [5.74, 6) is 1.03. The molecule has 3 rings (SSSR count). The number of anilines is 1. The maximum atomic E-state index is 12.6. The Morgan fingerprint density at radius 3 is 2.69 bits per heavy atom. The van der Waals surface area contributed by atoms with Gasteiger partial charge in [-0.05, 0) is 45.2 Å². The van der Waals surface area contributed by atoms with Gasteiger partial charge < -0.3 is 5.32 Å². The average Bonchev–Trinajstić information content (AvgIpc) is 2.92. The average molecular weight is 379 g/mol. The van der Waals surface area contributed by atoms with E-state index in [2.05, 4.69) is 43.5 Å². The molecule has 0 radical (unpaired) electrons. The number of para-hydroxylation sites is 1. The Morgan fingerprint density at radius 2 is 2.00 bits per heavy atom. The first-order chi connectivity index (χ1) is 12.2. The number of nitrogens with zero attached hydrogens (tertiary/aromatic N) is 2. The van der Waals surface area contributed by atoms with Gasteiger partial charge in [-0.3, -0.25) is 10.3 Å². The van der Waals surface area contributed by atoms with Gasteiger partial charge in [0, 0.05) is 25.3 Å². The van der Waals surface area contributed by atoms with E-state index in [0.29, 0.717) is 32.5 Å². The second-order valence-electron chi connectivity index (χ2n) is 8.25. The smallest absolute Gasteiger partial charge is 0.214 e. The zero-order valence-electron chi connectivity index (χ0n) is 16.2. The van der Waals surface area contributed by atoms with Crippen LogP contribution >= 0.6 is 0 Å². The van der Waals surface area contributed by atoms with Gasteiger partial charge in [0.15, 0.2) is 0 Å². The van der Waals surface area contributed by atoms with E-state index in [1.165, 1.54) is 5.56 Å². The number of fused-ring (bicyclic) bond motifs is 1. The monoisotopic (exact) mass is 378 g/mol. The second-order valence-corrected chi connectivity index (χ2v) is 10.3. The van der Waals surface area contributed by atoms with Gasteiger partial charge in [-0.1, -0.05) is 25.1 Å². The van der Waals surface area contributed by atoms with Crippen LogP contribution in [0.15, 0.2) is 29.3 Å². The van der Waals surface area contributed by atoms with Gasteiger partial charge >= 0.3 is 0 Å². The largest absolute Gasteiger partial charge is 0.342 e. The Morgan fingerprint density at radius 1 is 1.27 bits per heavy atom. The summed E-state index contributed by atoms with van der Waals surface area (Å²) in [5.41, 5.74) is 1.47. The van der Waals surface area contributed by atoms with E-state index in [-0.39, 0.29) is 11.3 Å². The van der Waals surface area contributed by atoms with Gasteiger partial charge in [-0.25, -0.2) is 8.42 Å². The molecule has 0 saturated carbocycles. The van der Waals surface area contributed by atoms with E-state index in [9.17, 15) is 8.42 Å². The Kier molecular flexibility index (Phi) is 5.16. The number of benzene rings is 1. The van der Waals surface area contributed by atoms with E-state index in [1.54, 1.807) is 4.31 Å². The molecule has 7 heteroatoms. The molecule has 1 aromatic rings. The molecule has 0 aliphatic carbocycles. The Balaban J connectivity index is 1.98. The number of hydrogen-bond acceptors (Lipinski definition) is 4. The molecule has 2 aliphatic rings. The van der Waals surface area contributed by atoms with Crippen molar-refractivity contribution in [2.45, 2.75) is 58.2 Å². The fourth-order valence-electron chi connectivity index (χ4n) is 3.60. The van der Waals surface area contributed by atoms with E-state index in [0.717, 1.165) is 11.5 Å². The molecular formula is C19H30N4O2S. The van der Waals surface area contributed by atoms with Gasteiger partial charge in [0.1, 0.15) is 5.84 Å². The lowest BCUT2D eigenvalue weighted by Crippen LogP contribution is -2.56. The fourth-order valence-corrected chi connectivity index (χ4v) is 5.16. The molecule has 26 heavy (non-hydrogen) atoms. The van der Waals surface area contributed by atoms with Gasteiger partial charge in [-0.15, -0.1) is 0 Å². The third kappa shape index (κ3) is 3.94. The van der Waals surface area contributed by atoms with Crippen LogP contribution in [-0.2, 0) is 16.6 Å². The molecule has 1 fully saturated rings. The maximum Gasteiger partial charge on any atom is 0.214 e. The van der Waals surface area contributed by atoms with Crippen LogP contribution in [0.25, 0.3) is 0 Å². The number of amidine groups is 1. The zero-order chi connectivity index (χ0) is 19.0. The molecule has 2 heterocycles. The Bertz CT molecular complexity index is 798. The highest BCUT2D eigenvalue weighted by molar-refractivity contribution is 7.89. The standard InChI is InChI=1S/C19H30N4O2S/c1-5-12-26(24,25)23-11-10-19(14-23)17(22-18(2,3)4)21-16-9-7-6-8-15(16)13-20-19/h6-9,20H,5,10-14H2,1-4H3,(H,21,22). The van der Waals surface area contributed by atoms with Gasteiger partial charge in [0.05, 0.1) is 16.8 Å². The number of sulfonamides is 1. The van der Waals surface area contributed by atoms with Crippen molar-refractivity contribution in [1.29, 1.82) is 0 Å². The summed E-state index contributed by atoms with van der Waals surface area (Å²) in [5, 5.41) is 7.15. The lowest BCUT2D eigenvalue weighted by molar-refractivity contribution is 0.416. The molecule has 6 nitrogen and oxygen atoms in total. The third-order valence-corrected chi connectivity index (χ3v) is 6.90. The minimum absolute atomic E-state index is 0.197. The van der Waals surface area contributed by atoms with Gasteiger partial charge in [0.2, 0.25) is 10.0 Å². The van der Waals surface area contributed by atoms with Crippen molar-refractivity contribution in [2.75, 3.05) is 24.2 Å². The first kappa shape index (κ1) is 19.3. The fraction of sp³-hybridized carbons (Fsp3) is 0.632. The highest BCUT2D eigenvalue weighted by Gasteiger charge is 2.47. The van der Waals surface area contributed by atoms with Crippen molar-refractivity contribution >= 4 is 21.5 Å². The van der Waals surface area contributed by atoms with Crippen LogP contribution < -0.4 is 10.6 Å². The van der Waals surface area contributed by atoms with Crippen molar-refractivity contribution in [3.63, 3.8) is 0 Å². The lowest BCUT2D eigenvalue weighted by atomic mass is 9.95. The topological polar surface area (TPSA) is 73.8 Å². The number of aliphatic imine (C=N–C) groups is 1. The van der Waals surface area contributed by atoms with Crippen LogP contribution in [0, 0.1) is 0 Å². The molecule has 2 aliphatic heterocycles. The summed E-state index contributed by atoms with van der Waals surface area (Å²) < 4.78 is 26.8. The summed E-state index contributed by atoms with van der Waals surface area (Å²) in [4.78, 5) is 4.95. The van der Waals surface area contributed by atoms with E-state index >= 15 is 0 Å². The molecule has 0 bridgehead atoms.